The summed E-state index contributed by atoms with van der Waals surface area (Å²) in [5.74, 6) is -1.31. The first-order valence-electron chi connectivity index (χ1n) is 11.5. The van der Waals surface area contributed by atoms with Gasteiger partial charge in [-0.15, -0.1) is 0 Å². The molecule has 2 saturated carbocycles. The third kappa shape index (κ3) is 10.4. The maximum Gasteiger partial charge on any atom is 0.472 e. The quantitative estimate of drug-likeness (QED) is 0.188. The standard InChI is InChI=1S/C21H36NO9P/c1-16(23)28-14-19(31-21(25)18-10-6-7-11-18)15-30-32(26,27)29-13-12-22-20(24)17-8-4-2-3-5-9-17/h17-19H,2-15H2,1H3,(H,22,24)(H,26,27). The van der Waals surface area contributed by atoms with Crippen molar-refractivity contribution in [3.8, 4) is 0 Å². The van der Waals surface area contributed by atoms with Crippen molar-refractivity contribution in [2.45, 2.75) is 77.2 Å². The van der Waals surface area contributed by atoms with E-state index in [0.717, 1.165) is 64.2 Å². The minimum atomic E-state index is -4.44. The molecule has 10 nitrogen and oxygen atoms in total. The van der Waals surface area contributed by atoms with E-state index in [2.05, 4.69) is 5.32 Å². The molecule has 0 radical (unpaired) electrons. The number of ether oxygens (including phenoxy) is 2. The Labute approximate surface area is 189 Å². The van der Waals surface area contributed by atoms with Crippen molar-refractivity contribution in [2.75, 3.05) is 26.4 Å². The summed E-state index contributed by atoms with van der Waals surface area (Å²) in [5, 5.41) is 2.73. The first-order valence-corrected chi connectivity index (χ1v) is 13.0. The molecule has 0 saturated heterocycles. The minimum absolute atomic E-state index is 0.0220. The zero-order valence-corrected chi connectivity index (χ0v) is 19.7. The molecule has 2 aliphatic carbocycles. The fraction of sp³-hybridized carbons (Fsp3) is 0.857. The molecule has 0 spiro atoms. The molecule has 32 heavy (non-hydrogen) atoms. The average molecular weight is 477 g/mol. The molecule has 2 fully saturated rings. The zero-order chi connectivity index (χ0) is 23.4. The summed E-state index contributed by atoms with van der Waals surface area (Å²) < 4.78 is 32.2. The van der Waals surface area contributed by atoms with E-state index in [9.17, 15) is 23.8 Å². The van der Waals surface area contributed by atoms with Gasteiger partial charge in [0.25, 0.3) is 0 Å². The first kappa shape index (κ1) is 26.8. The van der Waals surface area contributed by atoms with Crippen molar-refractivity contribution in [1.29, 1.82) is 0 Å². The molecular formula is C21H36NO9P. The monoisotopic (exact) mass is 477 g/mol. The predicted octanol–water partition coefficient (Wildman–Crippen LogP) is 2.87. The number of amides is 1. The van der Waals surface area contributed by atoms with Crippen LogP contribution in [-0.4, -0.2) is 55.2 Å². The maximum atomic E-state index is 12.2. The van der Waals surface area contributed by atoms with E-state index >= 15 is 0 Å². The second-order valence-corrected chi connectivity index (χ2v) is 9.87. The third-order valence-corrected chi connectivity index (χ3v) is 6.73. The van der Waals surface area contributed by atoms with Gasteiger partial charge in [-0.1, -0.05) is 38.5 Å². The summed E-state index contributed by atoms with van der Waals surface area (Å²) in [6, 6.07) is 0. The van der Waals surface area contributed by atoms with Crippen molar-refractivity contribution in [3.63, 3.8) is 0 Å². The number of phosphoric acid groups is 1. The van der Waals surface area contributed by atoms with Crippen LogP contribution in [0.15, 0.2) is 0 Å². The molecule has 2 aliphatic rings. The number of carbonyl (C=O) groups excluding carboxylic acids is 3. The lowest BCUT2D eigenvalue weighted by Gasteiger charge is -2.21. The van der Waals surface area contributed by atoms with Gasteiger partial charge in [0.15, 0.2) is 6.10 Å². The van der Waals surface area contributed by atoms with Gasteiger partial charge in [0, 0.05) is 19.4 Å². The molecule has 0 aromatic heterocycles. The highest BCUT2D eigenvalue weighted by atomic mass is 31.2. The average Bonchev–Trinajstić information content (AvgIpc) is 3.15. The van der Waals surface area contributed by atoms with Crippen molar-refractivity contribution in [1.82, 2.24) is 5.32 Å². The third-order valence-electron chi connectivity index (χ3n) is 5.75. The van der Waals surface area contributed by atoms with Crippen molar-refractivity contribution in [2.24, 2.45) is 11.8 Å². The van der Waals surface area contributed by atoms with Gasteiger partial charge in [-0.3, -0.25) is 23.4 Å². The molecule has 2 N–H and O–H groups in total. The van der Waals surface area contributed by atoms with Crippen LogP contribution in [0.5, 0.6) is 0 Å². The highest BCUT2D eigenvalue weighted by Crippen LogP contribution is 2.43. The van der Waals surface area contributed by atoms with E-state index in [1.807, 2.05) is 0 Å². The Balaban J connectivity index is 1.72. The Morgan fingerprint density at radius 1 is 0.938 bits per heavy atom. The summed E-state index contributed by atoms with van der Waals surface area (Å²) in [6.45, 7) is 0.332. The second kappa shape index (κ2) is 13.9. The molecule has 1 amide bonds. The lowest BCUT2D eigenvalue weighted by molar-refractivity contribution is -0.163. The number of esters is 2. The van der Waals surface area contributed by atoms with E-state index in [1.165, 1.54) is 6.92 Å². The van der Waals surface area contributed by atoms with Crippen LogP contribution in [0.3, 0.4) is 0 Å². The van der Waals surface area contributed by atoms with Crippen LogP contribution in [0.4, 0.5) is 0 Å². The van der Waals surface area contributed by atoms with Gasteiger partial charge < -0.3 is 19.7 Å². The fourth-order valence-corrected chi connectivity index (χ4v) is 4.74. The summed E-state index contributed by atoms with van der Waals surface area (Å²) in [4.78, 5) is 45.4. The van der Waals surface area contributed by atoms with E-state index < -0.39 is 32.5 Å². The maximum absolute atomic E-state index is 12.2. The lowest BCUT2D eigenvalue weighted by Crippen LogP contribution is -2.33. The Bertz CT molecular complexity index is 658. The smallest absolute Gasteiger partial charge is 0.462 e. The van der Waals surface area contributed by atoms with Gasteiger partial charge in [-0.25, -0.2) is 4.57 Å². The molecular weight excluding hydrogens is 441 g/mol. The van der Waals surface area contributed by atoms with E-state index in [-0.39, 0.29) is 37.5 Å². The van der Waals surface area contributed by atoms with Gasteiger partial charge in [0.2, 0.25) is 5.91 Å². The van der Waals surface area contributed by atoms with E-state index in [1.54, 1.807) is 0 Å². The summed E-state index contributed by atoms with van der Waals surface area (Å²) in [6.07, 6.45) is 8.41. The van der Waals surface area contributed by atoms with Gasteiger partial charge in [-0.05, 0) is 25.7 Å². The number of carbonyl (C=O) groups is 3. The lowest BCUT2D eigenvalue weighted by atomic mass is 10.00. The minimum Gasteiger partial charge on any atom is -0.462 e. The van der Waals surface area contributed by atoms with Gasteiger partial charge >= 0.3 is 19.8 Å². The first-order chi connectivity index (χ1) is 15.3. The molecule has 2 rings (SSSR count). The molecule has 184 valence electrons. The molecule has 0 bridgehead atoms. The number of hydrogen-bond donors (Lipinski definition) is 2. The molecule has 0 aromatic carbocycles. The summed E-state index contributed by atoms with van der Waals surface area (Å²) >= 11 is 0. The fourth-order valence-electron chi connectivity index (χ4n) is 3.98. The van der Waals surface area contributed by atoms with Gasteiger partial charge in [-0.2, -0.15) is 0 Å². The van der Waals surface area contributed by atoms with Gasteiger partial charge in [0.1, 0.15) is 6.61 Å². The van der Waals surface area contributed by atoms with Crippen LogP contribution in [0.2, 0.25) is 0 Å². The Kier molecular flexibility index (Phi) is 11.7. The Morgan fingerprint density at radius 2 is 1.53 bits per heavy atom. The largest absolute Gasteiger partial charge is 0.472 e. The Morgan fingerprint density at radius 3 is 2.16 bits per heavy atom. The van der Waals surface area contributed by atoms with Crippen LogP contribution in [0, 0.1) is 11.8 Å². The molecule has 0 heterocycles. The molecule has 0 aliphatic heterocycles. The highest BCUT2D eigenvalue weighted by molar-refractivity contribution is 7.47. The van der Waals surface area contributed by atoms with Crippen molar-refractivity contribution >= 4 is 25.7 Å². The van der Waals surface area contributed by atoms with Crippen LogP contribution in [0.25, 0.3) is 0 Å². The number of nitrogens with one attached hydrogen (secondary N) is 1. The van der Waals surface area contributed by atoms with Crippen LogP contribution >= 0.6 is 7.82 Å². The molecule has 2 atom stereocenters. The summed E-state index contributed by atoms with van der Waals surface area (Å²) in [7, 11) is -4.44. The molecule has 2 unspecified atom stereocenters. The zero-order valence-electron chi connectivity index (χ0n) is 18.8. The molecule has 0 aromatic rings. The van der Waals surface area contributed by atoms with Crippen LogP contribution < -0.4 is 5.32 Å². The Hall–Kier alpha value is -1.48. The van der Waals surface area contributed by atoms with Crippen LogP contribution in [-0.2, 0) is 37.5 Å². The number of phosphoric ester groups is 1. The highest BCUT2D eigenvalue weighted by Gasteiger charge is 2.30. The summed E-state index contributed by atoms with van der Waals surface area (Å²) in [5.41, 5.74) is 0. The predicted molar refractivity (Wildman–Crippen MR) is 114 cm³/mol. The number of hydrogen-bond acceptors (Lipinski definition) is 8. The van der Waals surface area contributed by atoms with Crippen molar-refractivity contribution < 1.29 is 42.4 Å². The SMILES string of the molecule is CC(=O)OCC(COP(=O)(O)OCCNC(=O)C1CCCCCC1)OC(=O)C1CCCC1. The van der Waals surface area contributed by atoms with Crippen LogP contribution in [0.1, 0.15) is 71.1 Å². The molecule has 11 heteroatoms. The van der Waals surface area contributed by atoms with E-state index in [4.69, 9.17) is 18.5 Å². The topological polar surface area (TPSA) is 137 Å². The van der Waals surface area contributed by atoms with Gasteiger partial charge in [0.05, 0.1) is 19.1 Å². The van der Waals surface area contributed by atoms with E-state index in [0.29, 0.717) is 0 Å². The normalized spacial score (nSPS) is 20.7. The van der Waals surface area contributed by atoms with Crippen molar-refractivity contribution in [3.05, 3.63) is 0 Å². The number of rotatable bonds is 12. The second-order valence-electron chi connectivity index (χ2n) is 8.42.